The molecule has 24 heavy (non-hydrogen) atoms. The van der Waals surface area contributed by atoms with Crippen LogP contribution in [0.15, 0.2) is 36.4 Å². The molecule has 0 amide bonds. The van der Waals surface area contributed by atoms with Crippen LogP contribution in [0.3, 0.4) is 0 Å². The molecule has 1 N–H and O–H groups in total. The van der Waals surface area contributed by atoms with Crippen molar-refractivity contribution in [2.24, 2.45) is 0 Å². The van der Waals surface area contributed by atoms with Gasteiger partial charge in [-0.1, -0.05) is 11.6 Å². The van der Waals surface area contributed by atoms with E-state index < -0.39 is 28.4 Å². The Kier molecular flexibility index (Phi) is 5.63. The number of esters is 1. The number of rotatable bonds is 5. The topological polar surface area (TPSA) is 83.9 Å². The first kappa shape index (κ1) is 18.0. The first-order valence-corrected chi connectivity index (χ1v) is 8.25. The molecular formula is C15H13ClFNO5S. The number of carbonyl (C=O) groups is 1. The van der Waals surface area contributed by atoms with Crippen LogP contribution in [0.1, 0.15) is 17.3 Å². The molecule has 128 valence electrons. The van der Waals surface area contributed by atoms with Gasteiger partial charge in [-0.2, -0.15) is 0 Å². The first-order valence-electron chi connectivity index (χ1n) is 6.74. The van der Waals surface area contributed by atoms with Gasteiger partial charge in [0.25, 0.3) is 0 Å². The van der Waals surface area contributed by atoms with Crippen LogP contribution in [0, 0.1) is 5.82 Å². The van der Waals surface area contributed by atoms with Crippen molar-refractivity contribution in [3.8, 4) is 5.75 Å². The minimum absolute atomic E-state index is 0.0560. The maximum Gasteiger partial charge on any atom is 0.338 e. The summed E-state index contributed by atoms with van der Waals surface area (Å²) in [4.78, 5) is 11.6. The van der Waals surface area contributed by atoms with Crippen molar-refractivity contribution >= 4 is 39.8 Å². The second kappa shape index (κ2) is 7.50. The van der Waals surface area contributed by atoms with Gasteiger partial charge in [-0.3, -0.25) is 0 Å². The van der Waals surface area contributed by atoms with Crippen molar-refractivity contribution in [1.82, 2.24) is 0 Å². The third-order valence-electron chi connectivity index (χ3n) is 3.02. The van der Waals surface area contributed by atoms with E-state index in [1.807, 2.05) is 0 Å². The number of phenols is 1. The van der Waals surface area contributed by atoms with E-state index in [0.29, 0.717) is 4.31 Å². The first-order chi connectivity index (χ1) is 11.3. The number of hydrogen-bond donors (Lipinski definition) is 2. The van der Waals surface area contributed by atoms with Gasteiger partial charge in [0.15, 0.2) is 0 Å². The molecular weight excluding hydrogens is 361 g/mol. The summed E-state index contributed by atoms with van der Waals surface area (Å²) in [6, 6.07) is 6.94. The van der Waals surface area contributed by atoms with Gasteiger partial charge in [0.1, 0.15) is 11.6 Å². The van der Waals surface area contributed by atoms with Gasteiger partial charge in [0, 0.05) is 11.1 Å². The quantitative estimate of drug-likeness (QED) is 0.621. The predicted molar refractivity (Wildman–Crippen MR) is 87.9 cm³/mol. The second-order valence-corrected chi connectivity index (χ2v) is 5.88. The van der Waals surface area contributed by atoms with Crippen LogP contribution in [0.5, 0.6) is 5.75 Å². The van der Waals surface area contributed by atoms with E-state index in [1.54, 1.807) is 6.92 Å². The second-order valence-electron chi connectivity index (χ2n) is 4.57. The Morgan fingerprint density at radius 2 is 1.92 bits per heavy atom. The summed E-state index contributed by atoms with van der Waals surface area (Å²) in [5.41, 5.74) is -0.574. The van der Waals surface area contributed by atoms with E-state index in [-0.39, 0.29) is 28.6 Å². The molecule has 0 unspecified atom stereocenters. The van der Waals surface area contributed by atoms with Crippen molar-refractivity contribution in [1.29, 1.82) is 0 Å². The van der Waals surface area contributed by atoms with Crippen LogP contribution in [0.2, 0.25) is 5.02 Å². The highest BCUT2D eigenvalue weighted by atomic mass is 35.5. The van der Waals surface area contributed by atoms with E-state index in [4.69, 9.17) is 16.3 Å². The van der Waals surface area contributed by atoms with Gasteiger partial charge < -0.3 is 9.84 Å². The van der Waals surface area contributed by atoms with Crippen molar-refractivity contribution < 1.29 is 27.4 Å². The van der Waals surface area contributed by atoms with E-state index in [2.05, 4.69) is 0 Å². The molecule has 0 aliphatic rings. The number of thiol groups is 1. The van der Waals surface area contributed by atoms with Gasteiger partial charge >= 0.3 is 5.97 Å². The zero-order valence-electron chi connectivity index (χ0n) is 12.4. The van der Waals surface area contributed by atoms with Gasteiger partial charge in [0.05, 0.1) is 23.5 Å². The Balaban J connectivity index is 2.51. The summed E-state index contributed by atoms with van der Waals surface area (Å²) in [5.74, 6) is -2.12. The fourth-order valence-corrected chi connectivity index (χ4v) is 2.85. The summed E-state index contributed by atoms with van der Waals surface area (Å²) < 4.78 is 42.8. The van der Waals surface area contributed by atoms with E-state index in [9.17, 15) is 22.7 Å². The highest BCUT2D eigenvalue weighted by Gasteiger charge is 2.21. The molecule has 0 radical (unpaired) electrons. The summed E-state index contributed by atoms with van der Waals surface area (Å²) in [6.07, 6.45) is 0. The lowest BCUT2D eigenvalue weighted by molar-refractivity contribution is 0.0526. The van der Waals surface area contributed by atoms with Gasteiger partial charge in [-0.15, -0.1) is 0 Å². The minimum atomic E-state index is -3.32. The number of phenolic OH excluding ortho intramolecular Hbond substituents is 1. The maximum atomic E-state index is 14.3. The largest absolute Gasteiger partial charge is 0.506 e. The number of carbonyl (C=O) groups excluding carboxylic acids is 1. The Morgan fingerprint density at radius 3 is 2.46 bits per heavy atom. The molecule has 0 bridgehead atoms. The normalized spacial score (nSPS) is 10.7. The Morgan fingerprint density at radius 1 is 1.25 bits per heavy atom. The standard InChI is InChI=1S/C15H13ClFNO5S/c1-2-23-15(20)9-3-5-12(11(17)7-9)18(24(21)22)13-6-4-10(16)8-14(13)19/h3-8,19,24H,2H2,1H3. The fourth-order valence-electron chi connectivity index (χ4n) is 2.00. The van der Waals surface area contributed by atoms with Crippen LogP contribution in [0.4, 0.5) is 15.8 Å². The number of ether oxygens (including phenoxy) is 1. The Bertz CT molecular complexity index is 848. The van der Waals surface area contributed by atoms with Gasteiger partial charge in [0.2, 0.25) is 10.9 Å². The number of hydrogen-bond acceptors (Lipinski definition) is 5. The monoisotopic (exact) mass is 373 g/mol. The third kappa shape index (κ3) is 3.77. The fraction of sp³-hybridized carbons (Fsp3) is 0.133. The van der Waals surface area contributed by atoms with Gasteiger partial charge in [-0.05, 0) is 37.3 Å². The molecule has 2 rings (SSSR count). The zero-order valence-corrected chi connectivity index (χ0v) is 14.1. The van der Waals surface area contributed by atoms with Crippen LogP contribution < -0.4 is 4.31 Å². The lowest BCUT2D eigenvalue weighted by atomic mass is 10.2. The zero-order chi connectivity index (χ0) is 17.9. The van der Waals surface area contributed by atoms with E-state index >= 15 is 0 Å². The lowest BCUT2D eigenvalue weighted by Crippen LogP contribution is -2.16. The number of halogens is 2. The van der Waals surface area contributed by atoms with Gasteiger partial charge in [-0.25, -0.2) is 21.9 Å². The molecule has 0 fully saturated rings. The molecule has 0 aliphatic carbocycles. The number of anilines is 2. The smallest absolute Gasteiger partial charge is 0.338 e. The van der Waals surface area contributed by atoms with E-state index in [0.717, 1.165) is 18.2 Å². The summed E-state index contributed by atoms with van der Waals surface area (Å²) in [5, 5.41) is 10.1. The minimum Gasteiger partial charge on any atom is -0.506 e. The molecule has 0 saturated heterocycles. The van der Waals surface area contributed by atoms with Crippen molar-refractivity contribution in [3.05, 3.63) is 52.8 Å². The molecule has 0 heterocycles. The number of nitrogens with zero attached hydrogens (tertiary/aromatic N) is 1. The molecule has 2 aromatic rings. The predicted octanol–water partition coefficient (Wildman–Crippen LogP) is 3.03. The highest BCUT2D eigenvalue weighted by molar-refractivity contribution is 7.74. The summed E-state index contributed by atoms with van der Waals surface area (Å²) >= 11 is 5.71. The third-order valence-corrected chi connectivity index (χ3v) is 4.01. The summed E-state index contributed by atoms with van der Waals surface area (Å²) in [7, 11) is -3.32. The van der Waals surface area contributed by atoms with Crippen molar-refractivity contribution in [2.75, 3.05) is 10.9 Å². The molecule has 0 aliphatic heterocycles. The van der Waals surface area contributed by atoms with Crippen LogP contribution in [0.25, 0.3) is 0 Å². The maximum absolute atomic E-state index is 14.3. The van der Waals surface area contributed by atoms with Crippen molar-refractivity contribution in [3.63, 3.8) is 0 Å². The van der Waals surface area contributed by atoms with Crippen LogP contribution in [-0.2, 0) is 15.6 Å². The number of benzene rings is 2. The number of aromatic hydroxyl groups is 1. The molecule has 0 spiro atoms. The molecule has 6 nitrogen and oxygen atoms in total. The molecule has 0 aromatic heterocycles. The molecule has 0 atom stereocenters. The summed E-state index contributed by atoms with van der Waals surface area (Å²) in [6.45, 7) is 1.73. The molecule has 0 saturated carbocycles. The molecule has 2 aromatic carbocycles. The van der Waals surface area contributed by atoms with Crippen LogP contribution in [-0.4, -0.2) is 26.1 Å². The molecule has 9 heteroatoms. The average Bonchev–Trinajstić information content (AvgIpc) is 2.51. The Labute approximate surface area is 144 Å². The average molecular weight is 374 g/mol. The Hall–Kier alpha value is -2.32. The highest BCUT2D eigenvalue weighted by Crippen LogP contribution is 2.36. The van der Waals surface area contributed by atoms with E-state index in [1.165, 1.54) is 18.2 Å². The van der Waals surface area contributed by atoms with Crippen LogP contribution >= 0.6 is 11.6 Å². The lowest BCUT2D eigenvalue weighted by Gasteiger charge is -2.20. The van der Waals surface area contributed by atoms with Crippen molar-refractivity contribution in [2.45, 2.75) is 6.92 Å². The SMILES string of the molecule is CCOC(=O)c1ccc(N(c2ccc(Cl)cc2O)[SH](=O)=O)c(F)c1.